The van der Waals surface area contributed by atoms with E-state index in [-0.39, 0.29) is 30.1 Å². The SMILES string of the molecule is CN=C(NCc1sc(C)nc1C)N1CCOC(c2ccc(C)cc2C)C1.I. The number of ether oxygens (including phenoxy) is 1. The molecule has 1 N–H and O–H groups in total. The first kappa shape index (κ1) is 22.1. The van der Waals surface area contributed by atoms with Crippen LogP contribution in [0.5, 0.6) is 0 Å². The van der Waals surface area contributed by atoms with Gasteiger partial charge in [-0.3, -0.25) is 4.99 Å². The van der Waals surface area contributed by atoms with Crippen LogP contribution in [-0.2, 0) is 11.3 Å². The van der Waals surface area contributed by atoms with Gasteiger partial charge in [0.25, 0.3) is 0 Å². The normalized spacial score (nSPS) is 17.6. The number of nitrogens with zero attached hydrogens (tertiary/aromatic N) is 3. The Kier molecular flexibility index (Phi) is 8.05. The van der Waals surface area contributed by atoms with Crippen molar-refractivity contribution in [2.45, 2.75) is 40.3 Å². The highest BCUT2D eigenvalue weighted by Crippen LogP contribution is 2.26. The van der Waals surface area contributed by atoms with Crippen LogP contribution in [0, 0.1) is 27.7 Å². The Bertz CT molecular complexity index is 805. The number of aryl methyl sites for hydroxylation is 4. The molecule has 27 heavy (non-hydrogen) atoms. The van der Waals surface area contributed by atoms with Gasteiger partial charge in [-0.25, -0.2) is 4.98 Å². The van der Waals surface area contributed by atoms with Crippen LogP contribution >= 0.6 is 35.3 Å². The van der Waals surface area contributed by atoms with Crippen molar-refractivity contribution < 1.29 is 4.74 Å². The number of aliphatic imine (C=N–C) groups is 1. The Morgan fingerprint density at radius 1 is 1.33 bits per heavy atom. The molecule has 3 rings (SSSR count). The van der Waals surface area contributed by atoms with E-state index >= 15 is 0 Å². The quantitative estimate of drug-likeness (QED) is 0.391. The lowest BCUT2D eigenvalue weighted by Crippen LogP contribution is -2.48. The number of rotatable bonds is 3. The highest BCUT2D eigenvalue weighted by Gasteiger charge is 2.25. The second-order valence-electron chi connectivity index (χ2n) is 6.81. The van der Waals surface area contributed by atoms with Gasteiger partial charge >= 0.3 is 0 Å². The van der Waals surface area contributed by atoms with Crippen LogP contribution in [-0.4, -0.2) is 42.6 Å². The molecule has 1 unspecified atom stereocenters. The lowest BCUT2D eigenvalue weighted by atomic mass is 10.00. The molecule has 148 valence electrons. The van der Waals surface area contributed by atoms with E-state index in [0.717, 1.165) is 36.3 Å². The smallest absolute Gasteiger partial charge is 0.194 e. The monoisotopic (exact) mass is 500 g/mol. The Labute approximate surface area is 183 Å². The molecule has 5 nitrogen and oxygen atoms in total. The van der Waals surface area contributed by atoms with Crippen LogP contribution in [0.3, 0.4) is 0 Å². The molecule has 1 aromatic heterocycles. The van der Waals surface area contributed by atoms with Gasteiger partial charge < -0.3 is 15.0 Å². The summed E-state index contributed by atoms with van der Waals surface area (Å²) in [5.41, 5.74) is 4.94. The van der Waals surface area contributed by atoms with Crippen LogP contribution in [0.15, 0.2) is 23.2 Å². The zero-order chi connectivity index (χ0) is 18.7. The molecule has 1 atom stereocenters. The molecule has 0 saturated carbocycles. The topological polar surface area (TPSA) is 49.8 Å². The third-order valence-electron chi connectivity index (χ3n) is 4.76. The van der Waals surface area contributed by atoms with Crippen molar-refractivity contribution in [3.05, 3.63) is 50.5 Å². The van der Waals surface area contributed by atoms with Crippen LogP contribution < -0.4 is 5.32 Å². The number of hydrogen-bond donors (Lipinski definition) is 1. The number of aromatic nitrogens is 1. The number of morpholine rings is 1. The fraction of sp³-hybridized carbons (Fsp3) is 0.500. The fourth-order valence-corrected chi connectivity index (χ4v) is 4.32. The lowest BCUT2D eigenvalue weighted by Gasteiger charge is -2.35. The summed E-state index contributed by atoms with van der Waals surface area (Å²) in [6.07, 6.45) is 0.0790. The van der Waals surface area contributed by atoms with Crippen LogP contribution in [0.25, 0.3) is 0 Å². The van der Waals surface area contributed by atoms with Crippen molar-refractivity contribution in [1.82, 2.24) is 15.2 Å². The number of nitrogens with one attached hydrogen (secondary N) is 1. The Morgan fingerprint density at radius 3 is 2.74 bits per heavy atom. The van der Waals surface area contributed by atoms with Gasteiger partial charge in [0.15, 0.2) is 5.96 Å². The number of hydrogen-bond acceptors (Lipinski definition) is 4. The van der Waals surface area contributed by atoms with Gasteiger partial charge in [0.1, 0.15) is 6.10 Å². The van der Waals surface area contributed by atoms with Crippen LogP contribution in [0.4, 0.5) is 0 Å². The molecule has 0 bridgehead atoms. The van der Waals surface area contributed by atoms with E-state index < -0.39 is 0 Å². The summed E-state index contributed by atoms with van der Waals surface area (Å²) in [5, 5.41) is 4.60. The Hall–Kier alpha value is -1.19. The fourth-order valence-electron chi connectivity index (χ4n) is 3.45. The van der Waals surface area contributed by atoms with Gasteiger partial charge in [0.2, 0.25) is 0 Å². The number of guanidine groups is 1. The van der Waals surface area contributed by atoms with Gasteiger partial charge in [0, 0.05) is 18.5 Å². The first-order valence-corrected chi connectivity index (χ1v) is 9.87. The molecule has 1 aliphatic heterocycles. The molecule has 1 fully saturated rings. The maximum Gasteiger partial charge on any atom is 0.194 e. The average Bonchev–Trinajstić information content (AvgIpc) is 2.93. The summed E-state index contributed by atoms with van der Waals surface area (Å²) in [7, 11) is 1.84. The number of benzene rings is 1. The summed E-state index contributed by atoms with van der Waals surface area (Å²) in [6, 6.07) is 6.57. The second-order valence-corrected chi connectivity index (χ2v) is 8.10. The molecule has 0 radical (unpaired) electrons. The standard InChI is InChI=1S/C20H28N4OS.HI/c1-13-6-7-17(14(2)10-13)18-12-24(8-9-25-18)20(21-5)22-11-19-15(3)23-16(4)26-19;/h6-7,10,18H,8-9,11-12H2,1-5H3,(H,21,22);1H. The van der Waals surface area contributed by atoms with E-state index in [1.807, 2.05) is 14.0 Å². The molecule has 1 saturated heterocycles. The van der Waals surface area contributed by atoms with E-state index in [1.54, 1.807) is 11.3 Å². The predicted molar refractivity (Wildman–Crippen MR) is 123 cm³/mol. The maximum absolute atomic E-state index is 6.06. The van der Waals surface area contributed by atoms with Gasteiger partial charge in [-0.2, -0.15) is 0 Å². The molecule has 2 heterocycles. The molecule has 1 aliphatic rings. The minimum Gasteiger partial charge on any atom is -0.370 e. The third-order valence-corrected chi connectivity index (χ3v) is 5.83. The number of thiazole rings is 1. The van der Waals surface area contributed by atoms with Crippen molar-refractivity contribution in [2.75, 3.05) is 26.7 Å². The molecule has 0 spiro atoms. The van der Waals surface area contributed by atoms with Crippen LogP contribution in [0.1, 0.15) is 38.4 Å². The average molecular weight is 500 g/mol. The van der Waals surface area contributed by atoms with Gasteiger partial charge in [-0.15, -0.1) is 35.3 Å². The van der Waals surface area contributed by atoms with E-state index in [1.165, 1.54) is 21.6 Å². The van der Waals surface area contributed by atoms with Crippen molar-refractivity contribution >= 4 is 41.3 Å². The summed E-state index contributed by atoms with van der Waals surface area (Å²) in [5.74, 6) is 0.925. The summed E-state index contributed by atoms with van der Waals surface area (Å²) < 4.78 is 6.06. The van der Waals surface area contributed by atoms with Crippen molar-refractivity contribution in [3.8, 4) is 0 Å². The van der Waals surface area contributed by atoms with E-state index in [9.17, 15) is 0 Å². The van der Waals surface area contributed by atoms with Crippen molar-refractivity contribution in [3.63, 3.8) is 0 Å². The molecule has 2 aromatic rings. The molecular formula is C20H29IN4OS. The highest BCUT2D eigenvalue weighted by molar-refractivity contribution is 14.0. The molecule has 0 amide bonds. The minimum absolute atomic E-state index is 0. The third kappa shape index (κ3) is 5.42. The summed E-state index contributed by atoms with van der Waals surface area (Å²) in [4.78, 5) is 12.5. The lowest BCUT2D eigenvalue weighted by molar-refractivity contribution is -0.00834. The second kappa shape index (κ2) is 9.84. The van der Waals surface area contributed by atoms with E-state index in [2.05, 4.69) is 59.2 Å². The van der Waals surface area contributed by atoms with Crippen LogP contribution in [0.2, 0.25) is 0 Å². The number of halogens is 1. The van der Waals surface area contributed by atoms with Crippen molar-refractivity contribution in [2.24, 2.45) is 4.99 Å². The first-order chi connectivity index (χ1) is 12.5. The Morgan fingerprint density at radius 2 is 2.11 bits per heavy atom. The molecule has 0 aliphatic carbocycles. The van der Waals surface area contributed by atoms with Gasteiger partial charge in [0.05, 0.1) is 30.4 Å². The molecule has 1 aromatic carbocycles. The minimum atomic E-state index is 0. The summed E-state index contributed by atoms with van der Waals surface area (Å²) >= 11 is 1.74. The molecular weight excluding hydrogens is 471 g/mol. The van der Waals surface area contributed by atoms with Crippen molar-refractivity contribution in [1.29, 1.82) is 0 Å². The largest absolute Gasteiger partial charge is 0.370 e. The predicted octanol–water partition coefficient (Wildman–Crippen LogP) is 4.14. The Balaban J connectivity index is 0.00000261. The molecule has 7 heteroatoms. The summed E-state index contributed by atoms with van der Waals surface area (Å²) in [6.45, 7) is 11.5. The zero-order valence-corrected chi connectivity index (χ0v) is 19.9. The van der Waals surface area contributed by atoms with Gasteiger partial charge in [-0.1, -0.05) is 23.8 Å². The maximum atomic E-state index is 6.06. The zero-order valence-electron chi connectivity index (χ0n) is 16.7. The highest BCUT2D eigenvalue weighted by atomic mass is 127. The first-order valence-electron chi connectivity index (χ1n) is 9.05. The van der Waals surface area contributed by atoms with Gasteiger partial charge in [-0.05, 0) is 38.8 Å². The van der Waals surface area contributed by atoms with E-state index in [4.69, 9.17) is 4.74 Å². The van der Waals surface area contributed by atoms with E-state index in [0.29, 0.717) is 6.61 Å².